The second kappa shape index (κ2) is 7.76. The Balaban J connectivity index is 1.47. The molecule has 162 valence electrons. The number of aromatic nitrogens is 1. The van der Waals surface area contributed by atoms with E-state index in [1.165, 1.54) is 0 Å². The second-order valence-electron chi connectivity index (χ2n) is 8.78. The van der Waals surface area contributed by atoms with Crippen LogP contribution in [0.1, 0.15) is 28.5 Å². The maximum atomic E-state index is 14.0. The molecule has 0 bridgehead atoms. The third kappa shape index (κ3) is 3.12. The highest BCUT2D eigenvalue weighted by Crippen LogP contribution is 2.41. The van der Waals surface area contributed by atoms with E-state index in [9.17, 15) is 4.79 Å². The zero-order chi connectivity index (χ0) is 21.7. The van der Waals surface area contributed by atoms with E-state index in [1.807, 2.05) is 54.6 Å². The van der Waals surface area contributed by atoms with Gasteiger partial charge < -0.3 is 19.4 Å². The Kier molecular flexibility index (Phi) is 4.74. The zero-order valence-corrected chi connectivity index (χ0v) is 18.1. The first-order valence-electron chi connectivity index (χ1n) is 11.3. The minimum absolute atomic E-state index is 0.0197. The summed E-state index contributed by atoms with van der Waals surface area (Å²) < 4.78 is 14.8. The molecule has 0 aliphatic carbocycles. The fourth-order valence-electron chi connectivity index (χ4n) is 5.35. The molecule has 3 aromatic carbocycles. The summed E-state index contributed by atoms with van der Waals surface area (Å²) in [6, 6.07) is 22.1. The molecular weight excluding hydrogens is 400 g/mol. The summed E-state index contributed by atoms with van der Waals surface area (Å²) >= 11 is 0. The predicted octanol–water partition coefficient (Wildman–Crippen LogP) is 4.67. The summed E-state index contributed by atoms with van der Waals surface area (Å²) in [4.78, 5) is 14.0. The average molecular weight is 427 g/mol. The van der Waals surface area contributed by atoms with Crippen LogP contribution in [0.4, 0.5) is 0 Å². The number of rotatable bonds is 4. The first-order chi connectivity index (χ1) is 15.7. The van der Waals surface area contributed by atoms with Crippen LogP contribution in [0.3, 0.4) is 0 Å². The number of aryl methyl sites for hydroxylation is 1. The van der Waals surface area contributed by atoms with Crippen molar-refractivity contribution in [3.63, 3.8) is 0 Å². The number of ketones is 1. The first-order valence-corrected chi connectivity index (χ1v) is 11.3. The number of Topliss-reactive ketones (excluding diaryl/α,β-unsaturated/α-hetero) is 1. The summed E-state index contributed by atoms with van der Waals surface area (Å²) in [6.07, 6.45) is 0.144. The molecular formula is C27H26N2O3. The Hall–Kier alpha value is -3.15. The van der Waals surface area contributed by atoms with Crippen LogP contribution in [0.25, 0.3) is 21.7 Å². The summed E-state index contributed by atoms with van der Waals surface area (Å²) in [7, 11) is 0. The van der Waals surface area contributed by atoms with Crippen molar-refractivity contribution in [1.82, 2.24) is 9.88 Å². The highest BCUT2D eigenvalue weighted by molar-refractivity contribution is 6.10. The molecule has 5 nitrogen and oxygen atoms in total. The molecule has 3 heterocycles. The number of carbonyl (C=O) groups excluding carboxylic acids is 1. The Morgan fingerprint density at radius 1 is 1.06 bits per heavy atom. The highest BCUT2D eigenvalue weighted by Gasteiger charge is 2.40. The van der Waals surface area contributed by atoms with E-state index in [2.05, 4.69) is 28.9 Å². The Morgan fingerprint density at radius 3 is 2.75 bits per heavy atom. The van der Waals surface area contributed by atoms with Crippen LogP contribution in [0.5, 0.6) is 5.75 Å². The van der Waals surface area contributed by atoms with Crippen LogP contribution in [0, 0.1) is 6.92 Å². The SMILES string of the molecule is Cc1cc2cccc3c2n1C(CC1CNCCO1)[C@H](C(=O)c1cccc2ccccc12)O3. The molecule has 0 amide bonds. The maximum absolute atomic E-state index is 14.0. The van der Waals surface area contributed by atoms with Gasteiger partial charge in [-0.3, -0.25) is 4.79 Å². The van der Waals surface area contributed by atoms with Crippen molar-refractivity contribution >= 4 is 27.5 Å². The third-order valence-electron chi connectivity index (χ3n) is 6.77. The van der Waals surface area contributed by atoms with Crippen molar-refractivity contribution < 1.29 is 14.3 Å². The molecule has 0 radical (unpaired) electrons. The van der Waals surface area contributed by atoms with E-state index in [0.717, 1.165) is 46.2 Å². The van der Waals surface area contributed by atoms with E-state index < -0.39 is 6.10 Å². The van der Waals surface area contributed by atoms with Gasteiger partial charge in [0.25, 0.3) is 0 Å². The van der Waals surface area contributed by atoms with Crippen LogP contribution in [0.15, 0.2) is 66.7 Å². The van der Waals surface area contributed by atoms with Crippen molar-refractivity contribution in [3.05, 3.63) is 78.0 Å². The summed E-state index contributed by atoms with van der Waals surface area (Å²) in [5.41, 5.74) is 2.92. The van der Waals surface area contributed by atoms with Crippen molar-refractivity contribution in [1.29, 1.82) is 0 Å². The van der Waals surface area contributed by atoms with Crippen LogP contribution >= 0.6 is 0 Å². The number of fused-ring (bicyclic) bond motifs is 1. The Bertz CT molecular complexity index is 1310. The number of nitrogens with one attached hydrogen (secondary N) is 1. The lowest BCUT2D eigenvalue weighted by Gasteiger charge is -2.37. The second-order valence-corrected chi connectivity index (χ2v) is 8.78. The summed E-state index contributed by atoms with van der Waals surface area (Å²) in [6.45, 7) is 4.46. The van der Waals surface area contributed by atoms with Gasteiger partial charge in [-0.05, 0) is 36.2 Å². The molecule has 1 fully saturated rings. The number of nitrogens with zero attached hydrogens (tertiary/aromatic N) is 1. The minimum atomic E-state index is -0.615. The van der Waals surface area contributed by atoms with E-state index in [1.54, 1.807) is 0 Å². The molecule has 2 aliphatic heterocycles. The number of ether oxygens (including phenoxy) is 2. The van der Waals surface area contributed by atoms with Crippen molar-refractivity contribution in [3.8, 4) is 5.75 Å². The molecule has 3 atom stereocenters. The normalized spacial score (nSPS) is 22.7. The van der Waals surface area contributed by atoms with Gasteiger partial charge in [0.1, 0.15) is 5.75 Å². The lowest BCUT2D eigenvalue weighted by molar-refractivity contribution is 0.000612. The third-order valence-corrected chi connectivity index (χ3v) is 6.77. The number of hydrogen-bond acceptors (Lipinski definition) is 4. The van der Waals surface area contributed by atoms with Crippen molar-refractivity contribution in [2.45, 2.75) is 31.6 Å². The molecule has 2 unspecified atom stereocenters. The topological polar surface area (TPSA) is 52.5 Å². The average Bonchev–Trinajstić information content (AvgIpc) is 3.18. The molecule has 0 saturated carbocycles. The van der Waals surface area contributed by atoms with Crippen LogP contribution in [-0.4, -0.2) is 42.3 Å². The summed E-state index contributed by atoms with van der Waals surface area (Å²) in [5, 5.41) is 6.58. The van der Waals surface area contributed by atoms with E-state index in [4.69, 9.17) is 9.47 Å². The Labute approximate surface area is 186 Å². The van der Waals surface area contributed by atoms with Gasteiger partial charge >= 0.3 is 0 Å². The molecule has 1 saturated heterocycles. The molecule has 4 aromatic rings. The van der Waals surface area contributed by atoms with Gasteiger partial charge in [0.15, 0.2) is 6.10 Å². The minimum Gasteiger partial charge on any atom is -0.478 e. The first kappa shape index (κ1) is 19.5. The van der Waals surface area contributed by atoms with Gasteiger partial charge in [-0.15, -0.1) is 0 Å². The van der Waals surface area contributed by atoms with Gasteiger partial charge in [0.05, 0.1) is 24.3 Å². The number of morpholine rings is 1. The number of para-hydroxylation sites is 1. The monoisotopic (exact) mass is 426 g/mol. The highest BCUT2D eigenvalue weighted by atomic mass is 16.5. The predicted molar refractivity (Wildman–Crippen MR) is 126 cm³/mol. The quantitative estimate of drug-likeness (QED) is 0.482. The van der Waals surface area contributed by atoms with E-state index in [0.29, 0.717) is 18.6 Å². The van der Waals surface area contributed by atoms with E-state index >= 15 is 0 Å². The molecule has 0 spiro atoms. The van der Waals surface area contributed by atoms with Crippen LogP contribution < -0.4 is 10.1 Å². The number of hydrogen-bond donors (Lipinski definition) is 1. The smallest absolute Gasteiger partial charge is 0.206 e. The van der Waals surface area contributed by atoms with E-state index in [-0.39, 0.29) is 17.9 Å². The van der Waals surface area contributed by atoms with Crippen molar-refractivity contribution in [2.75, 3.05) is 19.7 Å². The van der Waals surface area contributed by atoms with Gasteiger partial charge in [0, 0.05) is 29.7 Å². The molecule has 6 rings (SSSR count). The van der Waals surface area contributed by atoms with Crippen LogP contribution in [-0.2, 0) is 4.74 Å². The van der Waals surface area contributed by atoms with Crippen LogP contribution in [0.2, 0.25) is 0 Å². The zero-order valence-electron chi connectivity index (χ0n) is 18.1. The Morgan fingerprint density at radius 2 is 1.88 bits per heavy atom. The fourth-order valence-corrected chi connectivity index (χ4v) is 5.35. The standard InChI is InChI=1S/C27H26N2O3/c1-17-14-19-8-5-11-24-25(19)29(17)23(15-20-16-28-12-13-31-20)27(32-24)26(30)22-10-4-7-18-6-2-3-9-21(18)22/h2-11,14,20,23,27-28H,12-13,15-16H2,1H3/t20?,23?,27-/m1/s1. The number of carbonyl (C=O) groups is 1. The molecule has 5 heteroatoms. The van der Waals surface area contributed by atoms with Gasteiger partial charge in [0.2, 0.25) is 5.78 Å². The maximum Gasteiger partial charge on any atom is 0.206 e. The van der Waals surface area contributed by atoms with Gasteiger partial charge in [-0.25, -0.2) is 0 Å². The van der Waals surface area contributed by atoms with Crippen molar-refractivity contribution in [2.24, 2.45) is 0 Å². The lowest BCUT2D eigenvalue weighted by atomic mass is 9.91. The molecule has 2 aliphatic rings. The molecule has 32 heavy (non-hydrogen) atoms. The lowest BCUT2D eigenvalue weighted by Crippen LogP contribution is -2.45. The molecule has 1 aromatic heterocycles. The number of benzene rings is 3. The summed E-state index contributed by atoms with van der Waals surface area (Å²) in [5.74, 6) is 0.791. The van der Waals surface area contributed by atoms with Gasteiger partial charge in [-0.1, -0.05) is 54.6 Å². The fraction of sp³-hybridized carbons (Fsp3) is 0.296. The largest absolute Gasteiger partial charge is 0.478 e. The van der Waals surface area contributed by atoms with Gasteiger partial charge in [-0.2, -0.15) is 0 Å². The molecule has 1 N–H and O–H groups in total.